The van der Waals surface area contributed by atoms with Crippen LogP contribution < -0.4 is 0 Å². The number of pyridine rings is 1. The van der Waals surface area contributed by atoms with E-state index in [1.54, 1.807) is 22.8 Å². The molecule has 0 spiro atoms. The minimum absolute atomic E-state index is 0.356. The molecule has 3 heterocycles. The maximum Gasteiger partial charge on any atom is 0.339 e. The molecular formula is C12H13N3O2S. The molecule has 0 aromatic carbocycles. The maximum atomic E-state index is 11.4. The van der Waals surface area contributed by atoms with Gasteiger partial charge in [0.1, 0.15) is 0 Å². The number of methoxy groups -OCH3 is 1. The number of carbonyl (C=O) groups is 1. The predicted octanol–water partition coefficient (Wildman–Crippen LogP) is 1.74. The molecule has 0 aliphatic carbocycles. The van der Waals surface area contributed by atoms with Gasteiger partial charge in [-0.2, -0.15) is 16.9 Å². The van der Waals surface area contributed by atoms with Crippen molar-refractivity contribution in [2.45, 2.75) is 12.3 Å². The quantitative estimate of drug-likeness (QED) is 0.772. The normalized spacial score (nSPS) is 19.3. The van der Waals surface area contributed by atoms with Crippen LogP contribution >= 0.6 is 11.8 Å². The number of carbonyl (C=O) groups excluding carboxylic acids is 1. The average molecular weight is 263 g/mol. The zero-order chi connectivity index (χ0) is 12.5. The van der Waals surface area contributed by atoms with Crippen molar-refractivity contribution in [1.82, 2.24) is 14.6 Å². The molecule has 94 valence electrons. The van der Waals surface area contributed by atoms with Crippen molar-refractivity contribution in [2.75, 3.05) is 18.6 Å². The molecule has 1 aliphatic rings. The van der Waals surface area contributed by atoms with Gasteiger partial charge >= 0.3 is 5.97 Å². The van der Waals surface area contributed by atoms with Gasteiger partial charge in [0.15, 0.2) is 11.5 Å². The molecule has 6 heteroatoms. The number of ether oxygens (including phenoxy) is 1. The smallest absolute Gasteiger partial charge is 0.339 e. The number of thioether (sulfide) groups is 1. The van der Waals surface area contributed by atoms with Crippen LogP contribution in [-0.4, -0.2) is 39.2 Å². The summed E-state index contributed by atoms with van der Waals surface area (Å²) in [5.41, 5.74) is 1.26. The van der Waals surface area contributed by atoms with E-state index in [9.17, 15) is 4.79 Å². The van der Waals surface area contributed by atoms with E-state index >= 15 is 0 Å². The highest BCUT2D eigenvalue weighted by molar-refractivity contribution is 7.99. The fourth-order valence-electron chi connectivity index (χ4n) is 2.05. The predicted molar refractivity (Wildman–Crippen MR) is 69.0 cm³/mol. The first-order chi connectivity index (χ1) is 8.78. The molecule has 1 unspecified atom stereocenters. The molecule has 2 aromatic heterocycles. The van der Waals surface area contributed by atoms with Gasteiger partial charge in [-0.25, -0.2) is 14.3 Å². The lowest BCUT2D eigenvalue weighted by molar-refractivity contribution is 0.0600. The van der Waals surface area contributed by atoms with Gasteiger partial charge in [-0.05, 0) is 24.3 Å². The standard InChI is InChI=1S/C12H13N3O2S/c1-17-12(16)8-2-3-10-13-11(14-15(10)6-8)9-4-5-18-7-9/h2-3,6,9H,4-5,7H2,1H3. The van der Waals surface area contributed by atoms with E-state index < -0.39 is 0 Å². The van der Waals surface area contributed by atoms with Gasteiger partial charge in [0, 0.05) is 17.9 Å². The van der Waals surface area contributed by atoms with E-state index in [1.807, 2.05) is 11.8 Å². The molecule has 0 radical (unpaired) electrons. The summed E-state index contributed by atoms with van der Waals surface area (Å²) in [5.74, 6) is 3.22. The van der Waals surface area contributed by atoms with Crippen LogP contribution in [0.1, 0.15) is 28.5 Å². The van der Waals surface area contributed by atoms with Crippen LogP contribution in [0.25, 0.3) is 5.65 Å². The van der Waals surface area contributed by atoms with Crippen molar-refractivity contribution in [1.29, 1.82) is 0 Å². The van der Waals surface area contributed by atoms with Gasteiger partial charge in [0.2, 0.25) is 0 Å². The lowest BCUT2D eigenvalue weighted by Gasteiger charge is -1.99. The minimum atomic E-state index is -0.356. The summed E-state index contributed by atoms with van der Waals surface area (Å²) in [6, 6.07) is 3.51. The van der Waals surface area contributed by atoms with Gasteiger partial charge in [-0.3, -0.25) is 0 Å². The second kappa shape index (κ2) is 4.61. The molecule has 18 heavy (non-hydrogen) atoms. The Bertz CT molecular complexity index is 590. The highest BCUT2D eigenvalue weighted by Gasteiger charge is 2.22. The van der Waals surface area contributed by atoms with Crippen LogP contribution in [0.15, 0.2) is 18.3 Å². The second-order valence-electron chi connectivity index (χ2n) is 4.24. The Morgan fingerprint density at radius 1 is 1.56 bits per heavy atom. The Kier molecular flexibility index (Phi) is 2.95. The Morgan fingerprint density at radius 3 is 3.17 bits per heavy atom. The van der Waals surface area contributed by atoms with Crippen molar-refractivity contribution in [3.63, 3.8) is 0 Å². The number of aromatic nitrogens is 3. The van der Waals surface area contributed by atoms with Crippen LogP contribution in [0.3, 0.4) is 0 Å². The van der Waals surface area contributed by atoms with E-state index in [0.29, 0.717) is 11.5 Å². The second-order valence-corrected chi connectivity index (χ2v) is 5.39. The van der Waals surface area contributed by atoms with Crippen molar-refractivity contribution in [2.24, 2.45) is 0 Å². The maximum absolute atomic E-state index is 11.4. The van der Waals surface area contributed by atoms with Crippen LogP contribution in [0.2, 0.25) is 0 Å². The molecule has 0 N–H and O–H groups in total. The first-order valence-electron chi connectivity index (χ1n) is 5.80. The fourth-order valence-corrected chi connectivity index (χ4v) is 3.27. The summed E-state index contributed by atoms with van der Waals surface area (Å²) in [4.78, 5) is 15.9. The van der Waals surface area contributed by atoms with Gasteiger partial charge in [0.25, 0.3) is 0 Å². The van der Waals surface area contributed by atoms with Crippen molar-refractivity contribution < 1.29 is 9.53 Å². The number of fused-ring (bicyclic) bond motifs is 1. The molecule has 1 saturated heterocycles. The lowest BCUT2D eigenvalue weighted by Crippen LogP contribution is -2.03. The Hall–Kier alpha value is -1.56. The van der Waals surface area contributed by atoms with E-state index in [4.69, 9.17) is 0 Å². The van der Waals surface area contributed by atoms with Gasteiger partial charge in [-0.1, -0.05) is 0 Å². The summed E-state index contributed by atoms with van der Waals surface area (Å²) in [6.45, 7) is 0. The number of esters is 1. The average Bonchev–Trinajstić information content (AvgIpc) is 3.04. The van der Waals surface area contributed by atoms with Crippen molar-refractivity contribution in [3.05, 3.63) is 29.7 Å². The third-order valence-corrected chi connectivity index (χ3v) is 4.23. The first kappa shape index (κ1) is 11.5. The molecule has 0 saturated carbocycles. The third-order valence-electron chi connectivity index (χ3n) is 3.06. The molecule has 1 fully saturated rings. The molecule has 0 bridgehead atoms. The molecule has 2 aromatic rings. The van der Waals surface area contributed by atoms with E-state index in [0.717, 1.165) is 23.6 Å². The molecule has 5 nitrogen and oxygen atoms in total. The minimum Gasteiger partial charge on any atom is -0.465 e. The summed E-state index contributed by atoms with van der Waals surface area (Å²) in [5, 5.41) is 4.46. The molecule has 1 aliphatic heterocycles. The molecular weight excluding hydrogens is 250 g/mol. The summed E-state index contributed by atoms with van der Waals surface area (Å²) in [7, 11) is 1.37. The SMILES string of the molecule is COC(=O)c1ccc2nc(C3CCSC3)nn2c1. The Balaban J connectivity index is 1.98. The number of hydrogen-bond donors (Lipinski definition) is 0. The van der Waals surface area contributed by atoms with Gasteiger partial charge < -0.3 is 4.74 Å². The monoisotopic (exact) mass is 263 g/mol. The van der Waals surface area contributed by atoms with E-state index in [1.165, 1.54) is 12.9 Å². The summed E-state index contributed by atoms with van der Waals surface area (Å²) < 4.78 is 6.35. The van der Waals surface area contributed by atoms with Crippen LogP contribution in [-0.2, 0) is 4.74 Å². The number of nitrogens with zero attached hydrogens (tertiary/aromatic N) is 3. The van der Waals surface area contributed by atoms with Crippen molar-refractivity contribution in [3.8, 4) is 0 Å². The summed E-state index contributed by atoms with van der Waals surface area (Å²) >= 11 is 1.94. The summed E-state index contributed by atoms with van der Waals surface area (Å²) in [6.07, 6.45) is 2.80. The topological polar surface area (TPSA) is 56.5 Å². The Morgan fingerprint density at radius 2 is 2.44 bits per heavy atom. The zero-order valence-corrected chi connectivity index (χ0v) is 10.8. The lowest BCUT2D eigenvalue weighted by atomic mass is 10.1. The van der Waals surface area contributed by atoms with Crippen LogP contribution in [0.5, 0.6) is 0 Å². The zero-order valence-electron chi connectivity index (χ0n) is 10.00. The van der Waals surface area contributed by atoms with Crippen LogP contribution in [0, 0.1) is 0 Å². The molecule has 3 rings (SSSR count). The Labute approximate surface area is 109 Å². The van der Waals surface area contributed by atoms with Gasteiger partial charge in [-0.15, -0.1) is 0 Å². The largest absolute Gasteiger partial charge is 0.465 e. The highest BCUT2D eigenvalue weighted by atomic mass is 32.2. The van der Waals surface area contributed by atoms with E-state index in [-0.39, 0.29) is 5.97 Å². The first-order valence-corrected chi connectivity index (χ1v) is 6.96. The molecule has 1 atom stereocenters. The van der Waals surface area contributed by atoms with E-state index in [2.05, 4.69) is 14.8 Å². The number of hydrogen-bond acceptors (Lipinski definition) is 5. The number of rotatable bonds is 2. The molecule has 0 amide bonds. The van der Waals surface area contributed by atoms with Gasteiger partial charge in [0.05, 0.1) is 12.7 Å². The highest BCUT2D eigenvalue weighted by Crippen LogP contribution is 2.30. The fraction of sp³-hybridized carbons (Fsp3) is 0.417. The third kappa shape index (κ3) is 1.96. The van der Waals surface area contributed by atoms with Crippen molar-refractivity contribution >= 4 is 23.4 Å². The van der Waals surface area contributed by atoms with Crippen LogP contribution in [0.4, 0.5) is 0 Å².